The van der Waals surface area contributed by atoms with Gasteiger partial charge >= 0.3 is 6.09 Å². The molecule has 1 heterocycles. The monoisotopic (exact) mass is 319 g/mol. The number of benzene rings is 1. The largest absolute Gasteiger partial charge is 0.443 e. The maximum Gasteiger partial charge on any atom is 0.415 e. The Kier molecular flexibility index (Phi) is 4.82. The number of para-hydroxylation sites is 1. The summed E-state index contributed by atoms with van der Waals surface area (Å²) in [6.45, 7) is 9.22. The van der Waals surface area contributed by atoms with Crippen molar-refractivity contribution in [3.63, 3.8) is 0 Å². The Balaban J connectivity index is 2.42. The van der Waals surface area contributed by atoms with Gasteiger partial charge in [-0.3, -0.25) is 4.90 Å². The van der Waals surface area contributed by atoms with Gasteiger partial charge in [0.15, 0.2) is 0 Å². The highest BCUT2D eigenvalue weighted by molar-refractivity contribution is 5.92. The second kappa shape index (κ2) is 6.34. The van der Waals surface area contributed by atoms with Crippen LogP contribution in [0, 0.1) is 0 Å². The molecule has 0 bridgehead atoms. The zero-order valence-corrected chi connectivity index (χ0v) is 14.2. The summed E-state index contributed by atoms with van der Waals surface area (Å²) < 4.78 is 10.7. The van der Waals surface area contributed by atoms with Gasteiger partial charge in [0.25, 0.3) is 0 Å². The molecule has 0 aromatic heterocycles. The third-order valence-electron chi connectivity index (χ3n) is 3.87. The van der Waals surface area contributed by atoms with Crippen molar-refractivity contribution in [2.75, 3.05) is 18.6 Å². The first-order valence-electron chi connectivity index (χ1n) is 7.67. The number of methoxy groups -OCH3 is 1. The lowest BCUT2D eigenvalue weighted by Gasteiger charge is -2.37. The van der Waals surface area contributed by atoms with Gasteiger partial charge in [-0.15, -0.1) is 6.58 Å². The number of hydrogen-bond donors (Lipinski definition) is 1. The van der Waals surface area contributed by atoms with Crippen LogP contribution in [0.25, 0.3) is 0 Å². The summed E-state index contributed by atoms with van der Waals surface area (Å²) >= 11 is 0. The van der Waals surface area contributed by atoms with Crippen LogP contribution in [-0.2, 0) is 15.9 Å². The Labute approximate surface area is 137 Å². The highest BCUT2D eigenvalue weighted by Gasteiger charge is 2.46. The molecule has 5 heteroatoms. The van der Waals surface area contributed by atoms with Crippen LogP contribution in [0.5, 0.6) is 0 Å². The molecule has 5 nitrogen and oxygen atoms in total. The molecular weight excluding hydrogens is 294 g/mol. The number of carbonyl (C=O) groups excluding carboxylic acids is 1. The average molecular weight is 319 g/mol. The van der Waals surface area contributed by atoms with E-state index in [1.807, 2.05) is 45.0 Å². The first kappa shape index (κ1) is 17.5. The van der Waals surface area contributed by atoms with Gasteiger partial charge in [-0.05, 0) is 38.8 Å². The number of carbonyl (C=O) groups is 1. The van der Waals surface area contributed by atoms with Gasteiger partial charge < -0.3 is 14.6 Å². The molecule has 23 heavy (non-hydrogen) atoms. The number of aliphatic hydroxyl groups is 1. The quantitative estimate of drug-likeness (QED) is 0.867. The van der Waals surface area contributed by atoms with E-state index in [2.05, 4.69) is 6.58 Å². The fourth-order valence-electron chi connectivity index (χ4n) is 2.85. The molecule has 1 aromatic rings. The molecule has 0 saturated heterocycles. The Morgan fingerprint density at radius 3 is 2.65 bits per heavy atom. The number of fused-ring (bicyclic) bond motifs is 1. The van der Waals surface area contributed by atoms with Gasteiger partial charge in [0.2, 0.25) is 0 Å². The third-order valence-corrected chi connectivity index (χ3v) is 3.87. The molecule has 1 N–H and O–H groups in total. The minimum Gasteiger partial charge on any atom is -0.443 e. The van der Waals surface area contributed by atoms with Gasteiger partial charge in [0, 0.05) is 7.11 Å². The van der Waals surface area contributed by atoms with Crippen LogP contribution in [0.2, 0.25) is 0 Å². The molecule has 1 aliphatic heterocycles. The van der Waals surface area contributed by atoms with Crippen molar-refractivity contribution >= 4 is 11.8 Å². The van der Waals surface area contributed by atoms with Gasteiger partial charge in [0.05, 0.1) is 18.3 Å². The number of nitrogens with zero attached hydrogens (tertiary/aromatic N) is 1. The van der Waals surface area contributed by atoms with Crippen LogP contribution >= 0.6 is 0 Å². The van der Waals surface area contributed by atoms with E-state index in [-0.39, 0.29) is 6.61 Å². The molecule has 0 radical (unpaired) electrons. The number of rotatable bonds is 4. The van der Waals surface area contributed by atoms with Crippen molar-refractivity contribution in [2.45, 2.75) is 44.4 Å². The second-order valence-electron chi connectivity index (χ2n) is 6.83. The van der Waals surface area contributed by atoms with E-state index in [9.17, 15) is 9.90 Å². The first-order chi connectivity index (χ1) is 10.7. The summed E-state index contributed by atoms with van der Waals surface area (Å²) in [6, 6.07) is 7.06. The molecule has 0 spiro atoms. The van der Waals surface area contributed by atoms with E-state index in [4.69, 9.17) is 9.47 Å². The lowest BCUT2D eigenvalue weighted by Crippen LogP contribution is -2.55. The van der Waals surface area contributed by atoms with Crippen molar-refractivity contribution in [3.05, 3.63) is 42.5 Å². The lowest BCUT2D eigenvalue weighted by atomic mass is 9.92. The number of ether oxygens (including phenoxy) is 2. The maximum absolute atomic E-state index is 12.7. The summed E-state index contributed by atoms with van der Waals surface area (Å²) in [6.07, 6.45) is 1.47. The first-order valence-corrected chi connectivity index (χ1v) is 7.67. The Morgan fingerprint density at radius 1 is 1.43 bits per heavy atom. The molecular formula is C18H25NO4. The van der Waals surface area contributed by atoms with Crippen LogP contribution < -0.4 is 4.90 Å². The summed E-state index contributed by atoms with van der Waals surface area (Å²) in [5.41, 5.74) is -0.236. The van der Waals surface area contributed by atoms with Crippen LogP contribution in [0.15, 0.2) is 36.9 Å². The van der Waals surface area contributed by atoms with E-state index in [0.29, 0.717) is 6.42 Å². The molecule has 1 aliphatic rings. The second-order valence-corrected chi connectivity index (χ2v) is 6.83. The lowest BCUT2D eigenvalue weighted by molar-refractivity contribution is -0.0149. The normalized spacial score (nSPS) is 19.9. The summed E-state index contributed by atoms with van der Waals surface area (Å²) in [4.78, 5) is 14.2. The summed E-state index contributed by atoms with van der Waals surface area (Å²) in [7, 11) is 1.51. The van der Waals surface area contributed by atoms with E-state index < -0.39 is 23.3 Å². The molecule has 1 amide bonds. The number of anilines is 1. The fourth-order valence-corrected chi connectivity index (χ4v) is 2.85. The molecule has 2 atom stereocenters. The van der Waals surface area contributed by atoms with Crippen molar-refractivity contribution < 1.29 is 19.4 Å². The molecule has 1 aromatic carbocycles. The molecule has 0 unspecified atom stereocenters. The molecule has 0 aliphatic carbocycles. The highest BCUT2D eigenvalue weighted by atomic mass is 16.6. The molecule has 0 saturated carbocycles. The summed E-state index contributed by atoms with van der Waals surface area (Å²) in [5.74, 6) is 0. The maximum atomic E-state index is 12.7. The minimum atomic E-state index is -1.36. The van der Waals surface area contributed by atoms with Gasteiger partial charge in [-0.1, -0.05) is 24.3 Å². The topological polar surface area (TPSA) is 59.0 Å². The van der Waals surface area contributed by atoms with Crippen molar-refractivity contribution in [3.8, 4) is 0 Å². The Morgan fingerprint density at radius 2 is 2.09 bits per heavy atom. The molecule has 2 rings (SSSR count). The zero-order chi connectivity index (χ0) is 17.3. The van der Waals surface area contributed by atoms with Crippen molar-refractivity contribution in [1.29, 1.82) is 0 Å². The zero-order valence-electron chi connectivity index (χ0n) is 14.2. The predicted molar refractivity (Wildman–Crippen MR) is 89.7 cm³/mol. The van der Waals surface area contributed by atoms with Gasteiger partial charge in [-0.25, -0.2) is 4.79 Å². The van der Waals surface area contributed by atoms with Crippen molar-refractivity contribution in [1.82, 2.24) is 0 Å². The van der Waals surface area contributed by atoms with Crippen molar-refractivity contribution in [2.24, 2.45) is 0 Å². The molecule has 0 fully saturated rings. The standard InChI is InChI=1S/C18H25NO4/c1-6-18(21,12-22-5)15-11-13-9-7-8-10-14(13)19(15)16(20)23-17(2,3)4/h6-10,15,21H,1,11-12H2,2-5H3/t15-,18-/m0/s1. The van der Waals surface area contributed by atoms with E-state index in [1.165, 1.54) is 18.1 Å². The average Bonchev–Trinajstić information content (AvgIpc) is 2.85. The smallest absolute Gasteiger partial charge is 0.415 e. The van der Waals surface area contributed by atoms with E-state index in [0.717, 1.165) is 11.3 Å². The minimum absolute atomic E-state index is 0.0501. The van der Waals surface area contributed by atoms with E-state index in [1.54, 1.807) is 0 Å². The highest BCUT2D eigenvalue weighted by Crippen LogP contribution is 2.38. The fraction of sp³-hybridized carbons (Fsp3) is 0.500. The van der Waals surface area contributed by atoms with Crippen LogP contribution in [-0.4, -0.2) is 42.2 Å². The van der Waals surface area contributed by atoms with Crippen LogP contribution in [0.1, 0.15) is 26.3 Å². The van der Waals surface area contributed by atoms with Gasteiger partial charge in [0.1, 0.15) is 11.2 Å². The van der Waals surface area contributed by atoms with Crippen LogP contribution in [0.3, 0.4) is 0 Å². The predicted octanol–water partition coefficient (Wildman–Crippen LogP) is 2.92. The Bertz CT molecular complexity index is 593. The third kappa shape index (κ3) is 3.57. The van der Waals surface area contributed by atoms with Gasteiger partial charge in [-0.2, -0.15) is 0 Å². The number of amides is 1. The number of hydrogen-bond acceptors (Lipinski definition) is 4. The molecule has 126 valence electrons. The van der Waals surface area contributed by atoms with Crippen LogP contribution in [0.4, 0.5) is 10.5 Å². The Hall–Kier alpha value is -1.85. The summed E-state index contributed by atoms with van der Waals surface area (Å²) in [5, 5.41) is 10.9. The van der Waals surface area contributed by atoms with E-state index >= 15 is 0 Å². The SMILES string of the molecule is C=C[C@](O)(COC)[C@@H]1Cc2ccccc2N1C(=O)OC(C)(C)C.